The van der Waals surface area contributed by atoms with Gasteiger partial charge >= 0.3 is 0 Å². The Bertz CT molecular complexity index is 406. The summed E-state index contributed by atoms with van der Waals surface area (Å²) in [5, 5.41) is 0. The van der Waals surface area contributed by atoms with Crippen LogP contribution in [0.1, 0.15) is 31.2 Å². The highest BCUT2D eigenvalue weighted by molar-refractivity contribution is 5.85. The second kappa shape index (κ2) is 4.64. The van der Waals surface area contributed by atoms with Gasteiger partial charge in [0.2, 0.25) is 0 Å². The van der Waals surface area contributed by atoms with Crippen molar-refractivity contribution in [2.75, 3.05) is 0 Å². The number of amidine groups is 1. The van der Waals surface area contributed by atoms with Crippen molar-refractivity contribution in [1.82, 2.24) is 0 Å². The molecule has 0 aromatic heterocycles. The third-order valence-electron chi connectivity index (χ3n) is 3.12. The molecule has 1 fully saturated rings. The molecule has 1 aromatic rings. The van der Waals surface area contributed by atoms with E-state index in [0.717, 1.165) is 18.4 Å². The lowest BCUT2D eigenvalue weighted by Gasteiger charge is -2.08. The first-order valence-electron chi connectivity index (χ1n) is 5.77. The highest BCUT2D eigenvalue weighted by Gasteiger charge is 2.18. The highest BCUT2D eigenvalue weighted by atomic mass is 19.1. The number of nitrogens with zero attached hydrogens (tertiary/aromatic N) is 1. The fourth-order valence-electron chi connectivity index (χ4n) is 2.16. The molecule has 0 saturated heterocycles. The van der Waals surface area contributed by atoms with Crippen LogP contribution < -0.4 is 5.73 Å². The predicted octanol–water partition coefficient (Wildman–Crippen LogP) is 3.31. The molecule has 2 rings (SSSR count). The summed E-state index contributed by atoms with van der Waals surface area (Å²) in [6.07, 6.45) is 4.58. The van der Waals surface area contributed by atoms with Gasteiger partial charge in [0.15, 0.2) is 0 Å². The lowest BCUT2D eigenvalue weighted by molar-refractivity contribution is 0.628. The Kier molecular flexibility index (Phi) is 3.22. The van der Waals surface area contributed by atoms with E-state index in [1.165, 1.54) is 18.9 Å². The van der Waals surface area contributed by atoms with E-state index in [-0.39, 0.29) is 5.82 Å². The maximum absolute atomic E-state index is 13.5. The minimum Gasteiger partial charge on any atom is -0.387 e. The molecule has 0 spiro atoms. The molecule has 0 aliphatic heterocycles. The smallest absolute Gasteiger partial charge is 0.148 e. The number of aliphatic imine (C=N–C) groups is 1. The Morgan fingerprint density at radius 2 is 2.06 bits per heavy atom. The van der Waals surface area contributed by atoms with Crippen LogP contribution in [0.2, 0.25) is 0 Å². The van der Waals surface area contributed by atoms with Gasteiger partial charge in [-0.15, -0.1) is 0 Å². The molecule has 2 nitrogen and oxygen atoms in total. The molecule has 1 aliphatic rings. The second-order valence-corrected chi connectivity index (χ2v) is 4.47. The summed E-state index contributed by atoms with van der Waals surface area (Å²) in [4.78, 5) is 4.22. The van der Waals surface area contributed by atoms with Gasteiger partial charge < -0.3 is 5.73 Å². The zero-order chi connectivity index (χ0) is 11.5. The summed E-state index contributed by atoms with van der Waals surface area (Å²) in [5.74, 6) is 0.633. The molecule has 1 saturated carbocycles. The minimum absolute atomic E-state index is 0.299. The summed E-state index contributed by atoms with van der Waals surface area (Å²) in [6.45, 7) is 1.92. The Morgan fingerprint density at radius 3 is 2.75 bits per heavy atom. The average Bonchev–Trinajstić information content (AvgIpc) is 2.76. The van der Waals surface area contributed by atoms with Gasteiger partial charge in [-0.2, -0.15) is 0 Å². The number of rotatable bonds is 2. The first-order valence-corrected chi connectivity index (χ1v) is 5.77. The summed E-state index contributed by atoms with van der Waals surface area (Å²) in [7, 11) is 0. The fourth-order valence-corrected chi connectivity index (χ4v) is 2.16. The van der Waals surface area contributed by atoms with Gasteiger partial charge in [-0.25, -0.2) is 9.38 Å². The average molecular weight is 220 g/mol. The lowest BCUT2D eigenvalue weighted by atomic mass is 10.1. The molecular formula is C13H17FN2. The van der Waals surface area contributed by atoms with Crippen molar-refractivity contribution >= 4 is 11.5 Å². The Balaban J connectivity index is 2.23. The van der Waals surface area contributed by atoms with E-state index in [9.17, 15) is 4.39 Å². The summed E-state index contributed by atoms with van der Waals surface area (Å²) >= 11 is 0. The summed E-state index contributed by atoms with van der Waals surface area (Å²) in [6, 6.07) is 4.91. The van der Waals surface area contributed by atoms with Crippen LogP contribution in [-0.4, -0.2) is 5.84 Å². The molecule has 1 aliphatic carbocycles. The van der Waals surface area contributed by atoms with Crippen LogP contribution >= 0.6 is 0 Å². The molecule has 1 aromatic carbocycles. The van der Waals surface area contributed by atoms with Gasteiger partial charge in [0.25, 0.3) is 0 Å². The number of halogens is 1. The van der Waals surface area contributed by atoms with E-state index >= 15 is 0 Å². The van der Waals surface area contributed by atoms with Gasteiger partial charge in [0, 0.05) is 5.92 Å². The van der Waals surface area contributed by atoms with E-state index in [1.807, 2.05) is 6.92 Å². The van der Waals surface area contributed by atoms with Crippen LogP contribution in [0.25, 0.3) is 0 Å². The molecule has 0 radical (unpaired) electrons. The van der Waals surface area contributed by atoms with Gasteiger partial charge in [-0.05, 0) is 37.5 Å². The predicted molar refractivity (Wildman–Crippen MR) is 64.4 cm³/mol. The lowest BCUT2D eigenvalue weighted by Crippen LogP contribution is -2.20. The third-order valence-corrected chi connectivity index (χ3v) is 3.12. The molecule has 0 unspecified atom stereocenters. The number of nitrogens with two attached hydrogens (primary N) is 1. The molecule has 0 amide bonds. The van der Waals surface area contributed by atoms with Crippen LogP contribution in [0.3, 0.4) is 0 Å². The monoisotopic (exact) mass is 220 g/mol. The fraction of sp³-hybridized carbons (Fsp3) is 0.462. The molecule has 0 bridgehead atoms. The summed E-state index contributed by atoms with van der Waals surface area (Å²) < 4.78 is 13.5. The van der Waals surface area contributed by atoms with Crippen molar-refractivity contribution in [2.45, 2.75) is 32.6 Å². The minimum atomic E-state index is -0.299. The van der Waals surface area contributed by atoms with E-state index in [0.29, 0.717) is 17.4 Å². The highest BCUT2D eigenvalue weighted by Crippen LogP contribution is 2.27. The van der Waals surface area contributed by atoms with Gasteiger partial charge in [-0.1, -0.05) is 18.9 Å². The van der Waals surface area contributed by atoms with E-state index in [2.05, 4.69) is 4.99 Å². The third kappa shape index (κ3) is 2.40. The summed E-state index contributed by atoms with van der Waals surface area (Å²) in [5.41, 5.74) is 7.28. The van der Waals surface area contributed by atoms with Crippen LogP contribution in [0.5, 0.6) is 0 Å². The maximum Gasteiger partial charge on any atom is 0.148 e. The maximum atomic E-state index is 13.5. The Morgan fingerprint density at radius 1 is 1.38 bits per heavy atom. The largest absolute Gasteiger partial charge is 0.387 e. The number of hydrogen-bond donors (Lipinski definition) is 1. The SMILES string of the molecule is Cc1ccc(F)c(N=C(N)C2CCCC2)c1. The van der Waals surface area contributed by atoms with E-state index in [1.54, 1.807) is 12.1 Å². The van der Waals surface area contributed by atoms with Gasteiger partial charge in [0.1, 0.15) is 17.3 Å². The van der Waals surface area contributed by atoms with Crippen molar-refractivity contribution < 1.29 is 4.39 Å². The normalized spacial score (nSPS) is 18.0. The standard InChI is InChI=1S/C13H17FN2/c1-9-6-7-11(14)12(8-9)16-13(15)10-4-2-3-5-10/h6-8,10H,2-5H2,1H3,(H2,15,16). The molecule has 2 N–H and O–H groups in total. The molecule has 3 heteroatoms. The second-order valence-electron chi connectivity index (χ2n) is 4.47. The zero-order valence-corrected chi connectivity index (χ0v) is 9.54. The van der Waals surface area contributed by atoms with Crippen LogP contribution in [-0.2, 0) is 0 Å². The van der Waals surface area contributed by atoms with Crippen LogP contribution in [0, 0.1) is 18.7 Å². The van der Waals surface area contributed by atoms with Crippen LogP contribution in [0.4, 0.5) is 10.1 Å². The quantitative estimate of drug-likeness (QED) is 0.602. The zero-order valence-electron chi connectivity index (χ0n) is 9.54. The number of aryl methyl sites for hydroxylation is 1. The van der Waals surface area contributed by atoms with Crippen molar-refractivity contribution in [3.63, 3.8) is 0 Å². The van der Waals surface area contributed by atoms with Gasteiger partial charge in [0.05, 0.1) is 0 Å². The number of benzene rings is 1. The Labute approximate surface area is 95.4 Å². The van der Waals surface area contributed by atoms with Crippen molar-refractivity contribution in [3.8, 4) is 0 Å². The molecule has 86 valence electrons. The molecule has 0 heterocycles. The number of hydrogen-bond acceptors (Lipinski definition) is 1. The topological polar surface area (TPSA) is 38.4 Å². The van der Waals surface area contributed by atoms with Crippen molar-refractivity contribution in [2.24, 2.45) is 16.6 Å². The van der Waals surface area contributed by atoms with Crippen LogP contribution in [0.15, 0.2) is 23.2 Å². The molecule has 0 atom stereocenters. The molecule has 16 heavy (non-hydrogen) atoms. The van der Waals surface area contributed by atoms with E-state index in [4.69, 9.17) is 5.73 Å². The molecular weight excluding hydrogens is 203 g/mol. The van der Waals surface area contributed by atoms with Crippen molar-refractivity contribution in [3.05, 3.63) is 29.6 Å². The van der Waals surface area contributed by atoms with Crippen molar-refractivity contribution in [1.29, 1.82) is 0 Å². The Hall–Kier alpha value is -1.38. The first kappa shape index (κ1) is 11.1. The van der Waals surface area contributed by atoms with Gasteiger partial charge in [-0.3, -0.25) is 0 Å². The van der Waals surface area contributed by atoms with E-state index < -0.39 is 0 Å². The first-order chi connectivity index (χ1) is 7.66.